The van der Waals surface area contributed by atoms with Crippen LogP contribution in [-0.2, 0) is 0 Å². The molecule has 1 aromatic carbocycles. The van der Waals surface area contributed by atoms with Gasteiger partial charge in [-0.1, -0.05) is 46.3 Å². The number of hydrogen-bond acceptors (Lipinski definition) is 2. The molecule has 1 N–H and O–H groups in total. The standard InChI is InChI=1S/C12H8O.C3H7BrO/c1-2-4-10(5-3-1)13-12-8-9-6-7-11(9)12;1-3(5)2-4/h1-8H;3,5H,2H2,1H3. The molecule has 0 radical (unpaired) electrons. The molecule has 18 heavy (non-hydrogen) atoms. The van der Waals surface area contributed by atoms with Gasteiger partial charge in [-0.15, -0.1) is 0 Å². The van der Waals surface area contributed by atoms with E-state index in [1.807, 2.05) is 30.3 Å². The molecule has 1 aromatic rings. The molecule has 0 bridgehead atoms. The highest BCUT2D eigenvalue weighted by atomic mass is 79.9. The maximum atomic E-state index is 8.31. The fourth-order valence-corrected chi connectivity index (χ4v) is 1.45. The van der Waals surface area contributed by atoms with Crippen molar-refractivity contribution in [3.05, 3.63) is 59.0 Å². The summed E-state index contributed by atoms with van der Waals surface area (Å²) >= 11 is 3.06. The molecule has 0 aliphatic heterocycles. The van der Waals surface area contributed by atoms with Crippen LogP contribution in [0.15, 0.2) is 48.5 Å². The van der Waals surface area contributed by atoms with Crippen LogP contribution in [-0.4, -0.2) is 16.5 Å². The van der Waals surface area contributed by atoms with Gasteiger partial charge in [-0.05, 0) is 30.3 Å². The van der Waals surface area contributed by atoms with E-state index in [1.54, 1.807) is 6.92 Å². The van der Waals surface area contributed by atoms with Gasteiger partial charge in [0.25, 0.3) is 0 Å². The molecule has 1 unspecified atom stereocenters. The predicted octanol–water partition coefficient (Wildman–Crippen LogP) is 3.84. The van der Waals surface area contributed by atoms with Crippen LogP contribution < -0.4 is 4.74 Å². The fraction of sp³-hybridized carbons (Fsp3) is 0.200. The Hall–Kier alpha value is -1.32. The van der Waals surface area contributed by atoms with Gasteiger partial charge in [0.1, 0.15) is 11.5 Å². The maximum Gasteiger partial charge on any atom is 0.135 e. The summed E-state index contributed by atoms with van der Waals surface area (Å²) in [5.41, 5.74) is 0. The molecule has 2 aliphatic carbocycles. The van der Waals surface area contributed by atoms with Gasteiger partial charge in [-0.2, -0.15) is 0 Å². The minimum Gasteiger partial charge on any atom is -0.457 e. The summed E-state index contributed by atoms with van der Waals surface area (Å²) in [6.45, 7) is 1.73. The second-order valence-corrected chi connectivity index (χ2v) is 4.78. The van der Waals surface area contributed by atoms with E-state index in [0.29, 0.717) is 5.33 Å². The third-order valence-electron chi connectivity index (χ3n) is 2.49. The Morgan fingerprint density at radius 1 is 1.17 bits per heavy atom. The lowest BCUT2D eigenvalue weighted by Gasteiger charge is -2.12. The summed E-state index contributed by atoms with van der Waals surface area (Å²) in [4.78, 5) is 0. The van der Waals surface area contributed by atoms with Crippen LogP contribution in [0.3, 0.4) is 0 Å². The molecule has 0 fully saturated rings. The smallest absolute Gasteiger partial charge is 0.135 e. The van der Waals surface area contributed by atoms with E-state index in [9.17, 15) is 0 Å². The van der Waals surface area contributed by atoms with Crippen LogP contribution in [0.2, 0.25) is 0 Å². The Labute approximate surface area is 115 Å². The van der Waals surface area contributed by atoms with Crippen molar-refractivity contribution in [2.75, 3.05) is 5.33 Å². The molecule has 2 nitrogen and oxygen atoms in total. The Balaban J connectivity index is 0.000000209. The van der Waals surface area contributed by atoms with Crippen molar-refractivity contribution in [2.24, 2.45) is 0 Å². The van der Waals surface area contributed by atoms with Crippen LogP contribution in [0, 0.1) is 10.4 Å². The minimum atomic E-state index is -0.199. The molecule has 3 heteroatoms. The maximum absolute atomic E-state index is 8.31. The van der Waals surface area contributed by atoms with Gasteiger partial charge in [-0.25, -0.2) is 0 Å². The average molecular weight is 307 g/mol. The number of aliphatic hydroxyl groups excluding tert-OH is 1. The number of rotatable bonds is 3. The van der Waals surface area contributed by atoms with Crippen molar-refractivity contribution in [2.45, 2.75) is 13.0 Å². The summed E-state index contributed by atoms with van der Waals surface area (Å²) in [5, 5.41) is 11.6. The van der Waals surface area contributed by atoms with Crippen LogP contribution in [0.1, 0.15) is 6.92 Å². The molecule has 0 spiro atoms. The molecular formula is C15H15BrO2. The SMILES string of the molecule is CC(O)CBr.c1ccc(Oc2cc3ccc2=3)cc1. The van der Waals surface area contributed by atoms with E-state index in [0.717, 1.165) is 11.5 Å². The van der Waals surface area contributed by atoms with Crippen LogP contribution in [0.25, 0.3) is 0 Å². The van der Waals surface area contributed by atoms with Gasteiger partial charge >= 0.3 is 0 Å². The molecule has 94 valence electrons. The Kier molecular flexibility index (Phi) is 4.39. The van der Waals surface area contributed by atoms with E-state index in [4.69, 9.17) is 9.84 Å². The quantitative estimate of drug-likeness (QED) is 0.745. The van der Waals surface area contributed by atoms with Gasteiger partial charge in [0.15, 0.2) is 0 Å². The first kappa shape index (κ1) is 13.1. The fourth-order valence-electron chi connectivity index (χ4n) is 1.45. The molecule has 0 heterocycles. The van der Waals surface area contributed by atoms with E-state index in [1.165, 1.54) is 10.4 Å². The van der Waals surface area contributed by atoms with Gasteiger partial charge in [0.2, 0.25) is 0 Å². The van der Waals surface area contributed by atoms with Crippen LogP contribution in [0.4, 0.5) is 0 Å². The topological polar surface area (TPSA) is 29.5 Å². The second kappa shape index (κ2) is 6.03. The van der Waals surface area contributed by atoms with Gasteiger partial charge in [0.05, 0.1) is 6.10 Å². The monoisotopic (exact) mass is 306 g/mol. The first-order valence-corrected chi connectivity index (χ1v) is 6.94. The number of ether oxygens (including phenoxy) is 1. The summed E-state index contributed by atoms with van der Waals surface area (Å²) in [6.07, 6.45) is -0.199. The number of aliphatic hydroxyl groups is 1. The van der Waals surface area contributed by atoms with Gasteiger partial charge in [0, 0.05) is 10.5 Å². The third-order valence-corrected chi connectivity index (χ3v) is 3.42. The zero-order valence-electron chi connectivity index (χ0n) is 10.1. The highest BCUT2D eigenvalue weighted by molar-refractivity contribution is 9.09. The van der Waals surface area contributed by atoms with Crippen molar-refractivity contribution >= 4 is 15.9 Å². The van der Waals surface area contributed by atoms with Crippen LogP contribution in [0.5, 0.6) is 11.5 Å². The molecule has 2 aliphatic rings. The third kappa shape index (κ3) is 3.12. The molecule has 1 atom stereocenters. The van der Waals surface area contributed by atoms with Gasteiger partial charge in [-0.3, -0.25) is 0 Å². The normalized spacial score (nSPS) is 12.2. The summed E-state index contributed by atoms with van der Waals surface area (Å²) in [5.74, 6) is 1.89. The Morgan fingerprint density at radius 2 is 1.83 bits per heavy atom. The van der Waals surface area contributed by atoms with Crippen molar-refractivity contribution in [3.63, 3.8) is 0 Å². The zero-order valence-corrected chi connectivity index (χ0v) is 11.7. The van der Waals surface area contributed by atoms with E-state index >= 15 is 0 Å². The number of alkyl halides is 1. The van der Waals surface area contributed by atoms with Crippen LogP contribution >= 0.6 is 15.9 Å². The second-order valence-electron chi connectivity index (χ2n) is 4.13. The van der Waals surface area contributed by atoms with Crippen molar-refractivity contribution in [3.8, 4) is 11.5 Å². The van der Waals surface area contributed by atoms with Crippen molar-refractivity contribution < 1.29 is 9.84 Å². The molecule has 0 saturated carbocycles. The highest BCUT2D eigenvalue weighted by Crippen LogP contribution is 2.28. The summed E-state index contributed by atoms with van der Waals surface area (Å²) < 4.78 is 5.64. The molecular weight excluding hydrogens is 292 g/mol. The first-order chi connectivity index (χ1) is 8.70. The Morgan fingerprint density at radius 3 is 2.22 bits per heavy atom. The van der Waals surface area contributed by atoms with E-state index in [2.05, 4.69) is 34.1 Å². The minimum absolute atomic E-state index is 0.199. The summed E-state index contributed by atoms with van der Waals surface area (Å²) in [7, 11) is 0. The van der Waals surface area contributed by atoms with Crippen molar-refractivity contribution in [1.29, 1.82) is 0 Å². The van der Waals surface area contributed by atoms with Gasteiger partial charge < -0.3 is 9.84 Å². The molecule has 0 aromatic heterocycles. The number of hydrogen-bond donors (Lipinski definition) is 1. The lowest BCUT2D eigenvalue weighted by molar-refractivity contribution is 0.222. The lowest BCUT2D eigenvalue weighted by atomic mass is 10.1. The summed E-state index contributed by atoms with van der Waals surface area (Å²) in [6, 6.07) is 16.1. The molecule has 0 amide bonds. The Bertz CT molecular complexity index is 594. The number of para-hydroxylation sites is 1. The number of halogens is 1. The first-order valence-electron chi connectivity index (χ1n) is 5.82. The molecule has 0 saturated heterocycles. The van der Waals surface area contributed by atoms with Crippen molar-refractivity contribution in [1.82, 2.24) is 0 Å². The highest BCUT2D eigenvalue weighted by Gasteiger charge is 2.07. The van der Waals surface area contributed by atoms with E-state index < -0.39 is 0 Å². The lowest BCUT2D eigenvalue weighted by Crippen LogP contribution is -1.97. The molecule has 3 rings (SSSR count). The average Bonchev–Trinajstić information content (AvgIpc) is 2.37. The predicted molar refractivity (Wildman–Crippen MR) is 76.1 cm³/mol. The number of benzene rings is 2. The zero-order chi connectivity index (χ0) is 13.0. The largest absolute Gasteiger partial charge is 0.457 e. The van der Waals surface area contributed by atoms with E-state index in [-0.39, 0.29) is 6.10 Å².